The van der Waals surface area contributed by atoms with E-state index in [4.69, 9.17) is 11.5 Å². The van der Waals surface area contributed by atoms with E-state index in [9.17, 15) is 0 Å². The summed E-state index contributed by atoms with van der Waals surface area (Å²) in [4.78, 5) is 0. The second-order valence-corrected chi connectivity index (χ2v) is 5.03. The quantitative estimate of drug-likeness (QED) is 0.797. The molecule has 4 N–H and O–H groups in total. The topological polar surface area (TPSA) is 52.0 Å². The minimum absolute atomic E-state index is 0.00287. The average Bonchev–Trinajstić information content (AvgIpc) is 2.17. The van der Waals surface area contributed by atoms with Crippen molar-refractivity contribution >= 4 is 0 Å². The molecule has 0 saturated heterocycles. The average molecular weight is 206 g/mol. The summed E-state index contributed by atoms with van der Waals surface area (Å²) >= 11 is 0. The highest BCUT2D eigenvalue weighted by atomic mass is 14.7. The largest absolute Gasteiger partial charge is 0.330 e. The third-order valence-electron chi connectivity index (χ3n) is 3.13. The fraction of sp³-hybridized carbons (Fsp3) is 0.538. The highest BCUT2D eigenvalue weighted by Gasteiger charge is 2.26. The van der Waals surface area contributed by atoms with E-state index in [-0.39, 0.29) is 11.5 Å². The van der Waals surface area contributed by atoms with E-state index in [1.54, 1.807) is 0 Å². The van der Waals surface area contributed by atoms with Gasteiger partial charge < -0.3 is 11.5 Å². The van der Waals surface area contributed by atoms with Crippen LogP contribution < -0.4 is 11.5 Å². The van der Waals surface area contributed by atoms with Gasteiger partial charge in [0.15, 0.2) is 0 Å². The van der Waals surface area contributed by atoms with Crippen molar-refractivity contribution in [2.45, 2.75) is 33.7 Å². The molecule has 1 aromatic rings. The Morgan fingerprint density at radius 1 is 1.27 bits per heavy atom. The fourth-order valence-corrected chi connectivity index (χ4v) is 1.72. The summed E-state index contributed by atoms with van der Waals surface area (Å²) in [7, 11) is 0. The smallest absolute Gasteiger partial charge is 0.0361 e. The van der Waals surface area contributed by atoms with Gasteiger partial charge in [0.1, 0.15) is 0 Å². The summed E-state index contributed by atoms with van der Waals surface area (Å²) < 4.78 is 0. The molecular weight excluding hydrogens is 184 g/mol. The maximum atomic E-state index is 6.25. The van der Waals surface area contributed by atoms with Crippen LogP contribution in [0.2, 0.25) is 0 Å². The van der Waals surface area contributed by atoms with Crippen LogP contribution in [0.5, 0.6) is 0 Å². The van der Waals surface area contributed by atoms with E-state index < -0.39 is 0 Å². The summed E-state index contributed by atoms with van der Waals surface area (Å²) in [5, 5.41) is 0. The van der Waals surface area contributed by atoms with Gasteiger partial charge in [0, 0.05) is 6.04 Å². The van der Waals surface area contributed by atoms with Crippen LogP contribution in [-0.4, -0.2) is 6.54 Å². The molecule has 0 aromatic heterocycles. The summed E-state index contributed by atoms with van der Waals surface area (Å²) in [6.07, 6.45) is 0. The van der Waals surface area contributed by atoms with Crippen LogP contribution in [-0.2, 0) is 0 Å². The molecule has 1 rings (SSSR count). The standard InChI is InChI=1S/C13H22N2/c1-9-5-6-11(10(2)7-9)12(15)13(3,4)8-14/h5-7,12H,8,14-15H2,1-4H3. The number of aryl methyl sites for hydroxylation is 2. The van der Waals surface area contributed by atoms with Gasteiger partial charge in [-0.05, 0) is 36.9 Å². The lowest BCUT2D eigenvalue weighted by molar-refractivity contribution is 0.300. The van der Waals surface area contributed by atoms with Gasteiger partial charge in [0.2, 0.25) is 0 Å². The number of nitrogens with two attached hydrogens (primary N) is 2. The first kappa shape index (κ1) is 12.2. The van der Waals surface area contributed by atoms with Crippen molar-refractivity contribution in [3.8, 4) is 0 Å². The van der Waals surface area contributed by atoms with Gasteiger partial charge in [-0.2, -0.15) is 0 Å². The third kappa shape index (κ3) is 2.58. The zero-order chi connectivity index (χ0) is 11.6. The monoisotopic (exact) mass is 206 g/mol. The Kier molecular flexibility index (Phi) is 3.53. The molecule has 1 aromatic carbocycles. The summed E-state index contributed by atoms with van der Waals surface area (Å²) in [5.41, 5.74) is 15.7. The summed E-state index contributed by atoms with van der Waals surface area (Å²) in [6.45, 7) is 9.01. The Bertz CT molecular complexity index is 342. The first-order chi connectivity index (χ1) is 6.88. The van der Waals surface area contributed by atoms with Crippen molar-refractivity contribution in [1.29, 1.82) is 0 Å². The molecular formula is C13H22N2. The fourth-order valence-electron chi connectivity index (χ4n) is 1.72. The summed E-state index contributed by atoms with van der Waals surface area (Å²) in [6, 6.07) is 6.40. The molecule has 0 heterocycles. The van der Waals surface area contributed by atoms with Gasteiger partial charge in [-0.25, -0.2) is 0 Å². The Labute approximate surface area is 92.7 Å². The summed E-state index contributed by atoms with van der Waals surface area (Å²) in [5.74, 6) is 0. The van der Waals surface area contributed by atoms with E-state index >= 15 is 0 Å². The molecule has 2 heteroatoms. The van der Waals surface area contributed by atoms with Crippen LogP contribution in [0, 0.1) is 19.3 Å². The van der Waals surface area contributed by atoms with Crippen LogP contribution in [0.15, 0.2) is 18.2 Å². The van der Waals surface area contributed by atoms with E-state index in [2.05, 4.69) is 45.9 Å². The van der Waals surface area contributed by atoms with Crippen LogP contribution >= 0.6 is 0 Å². The predicted molar refractivity (Wildman–Crippen MR) is 65.7 cm³/mol. The molecule has 84 valence electrons. The normalized spacial score (nSPS) is 14.0. The first-order valence-corrected chi connectivity index (χ1v) is 5.41. The molecule has 0 bridgehead atoms. The Morgan fingerprint density at radius 2 is 1.87 bits per heavy atom. The Balaban J connectivity index is 3.06. The molecule has 0 aliphatic rings. The first-order valence-electron chi connectivity index (χ1n) is 5.41. The molecule has 0 spiro atoms. The van der Waals surface area contributed by atoms with Crippen molar-refractivity contribution in [3.05, 3.63) is 34.9 Å². The highest BCUT2D eigenvalue weighted by molar-refractivity contribution is 5.33. The second-order valence-electron chi connectivity index (χ2n) is 5.03. The van der Waals surface area contributed by atoms with E-state index in [0.29, 0.717) is 6.54 Å². The van der Waals surface area contributed by atoms with Gasteiger partial charge in [-0.1, -0.05) is 37.6 Å². The number of benzene rings is 1. The molecule has 0 aliphatic heterocycles. The van der Waals surface area contributed by atoms with Crippen molar-refractivity contribution in [1.82, 2.24) is 0 Å². The number of rotatable bonds is 3. The van der Waals surface area contributed by atoms with Crippen LogP contribution in [0.25, 0.3) is 0 Å². The molecule has 2 nitrogen and oxygen atoms in total. The van der Waals surface area contributed by atoms with E-state index in [1.165, 1.54) is 16.7 Å². The van der Waals surface area contributed by atoms with Gasteiger partial charge in [-0.3, -0.25) is 0 Å². The highest BCUT2D eigenvalue weighted by Crippen LogP contribution is 2.31. The van der Waals surface area contributed by atoms with Gasteiger partial charge in [0.25, 0.3) is 0 Å². The molecule has 0 saturated carbocycles. The molecule has 0 amide bonds. The maximum Gasteiger partial charge on any atom is 0.0361 e. The predicted octanol–water partition coefficient (Wildman–Crippen LogP) is 2.29. The Hall–Kier alpha value is -0.860. The molecule has 15 heavy (non-hydrogen) atoms. The second kappa shape index (κ2) is 4.33. The van der Waals surface area contributed by atoms with Crippen LogP contribution in [0.4, 0.5) is 0 Å². The molecule has 0 aliphatic carbocycles. The zero-order valence-corrected chi connectivity index (χ0v) is 10.2. The zero-order valence-electron chi connectivity index (χ0n) is 10.2. The SMILES string of the molecule is Cc1ccc(C(N)C(C)(C)CN)c(C)c1. The van der Waals surface area contributed by atoms with E-state index in [0.717, 1.165) is 0 Å². The van der Waals surface area contributed by atoms with Gasteiger partial charge in [-0.15, -0.1) is 0 Å². The molecule has 0 fully saturated rings. The van der Waals surface area contributed by atoms with Crippen molar-refractivity contribution in [2.24, 2.45) is 16.9 Å². The lowest BCUT2D eigenvalue weighted by Gasteiger charge is -2.31. The molecule has 0 radical (unpaired) electrons. The van der Waals surface area contributed by atoms with Crippen molar-refractivity contribution in [3.63, 3.8) is 0 Å². The van der Waals surface area contributed by atoms with Crippen LogP contribution in [0.1, 0.15) is 36.6 Å². The van der Waals surface area contributed by atoms with Crippen LogP contribution in [0.3, 0.4) is 0 Å². The number of hydrogen-bond donors (Lipinski definition) is 2. The lowest BCUT2D eigenvalue weighted by Crippen LogP contribution is -2.36. The minimum Gasteiger partial charge on any atom is -0.330 e. The molecule has 1 unspecified atom stereocenters. The van der Waals surface area contributed by atoms with Gasteiger partial charge >= 0.3 is 0 Å². The Morgan fingerprint density at radius 3 is 2.33 bits per heavy atom. The van der Waals surface area contributed by atoms with E-state index in [1.807, 2.05) is 0 Å². The van der Waals surface area contributed by atoms with Gasteiger partial charge in [0.05, 0.1) is 0 Å². The third-order valence-corrected chi connectivity index (χ3v) is 3.13. The lowest BCUT2D eigenvalue weighted by atomic mass is 9.79. The number of hydrogen-bond acceptors (Lipinski definition) is 2. The van der Waals surface area contributed by atoms with Crippen molar-refractivity contribution in [2.75, 3.05) is 6.54 Å². The maximum absolute atomic E-state index is 6.25. The minimum atomic E-state index is -0.0555. The molecule has 1 atom stereocenters. The van der Waals surface area contributed by atoms with Crippen molar-refractivity contribution < 1.29 is 0 Å².